The molecule has 0 unspecified atom stereocenters. The van der Waals surface area contributed by atoms with Gasteiger partial charge in [0.15, 0.2) is 5.43 Å². The Bertz CT molecular complexity index is 725. The fourth-order valence-electron chi connectivity index (χ4n) is 2.75. The molecule has 3 rings (SSSR count). The Balaban J connectivity index is 2.28. The van der Waals surface area contributed by atoms with E-state index in [1.807, 2.05) is 6.07 Å². The number of rotatable bonds is 1. The van der Waals surface area contributed by atoms with Crippen molar-refractivity contribution < 1.29 is 4.79 Å². The molecule has 0 spiro atoms. The van der Waals surface area contributed by atoms with Crippen LogP contribution < -0.4 is 5.43 Å². The van der Waals surface area contributed by atoms with Gasteiger partial charge < -0.3 is 0 Å². The van der Waals surface area contributed by atoms with Gasteiger partial charge >= 0.3 is 0 Å². The minimum atomic E-state index is 0.164. The lowest BCUT2D eigenvalue weighted by atomic mass is 9.77. The number of benzene rings is 1. The molecule has 2 aromatic rings. The maximum atomic E-state index is 12.5. The third-order valence-electron chi connectivity index (χ3n) is 3.92. The lowest BCUT2D eigenvalue weighted by Crippen LogP contribution is -2.26. The van der Waals surface area contributed by atoms with Crippen molar-refractivity contribution in [1.82, 2.24) is 0 Å². The molecule has 0 saturated carbocycles. The van der Waals surface area contributed by atoms with Gasteiger partial charge in [0.1, 0.15) is 6.29 Å². The fraction of sp³-hybridized carbons (Fsp3) is 0.375. The molecule has 1 aromatic heterocycles. The summed E-state index contributed by atoms with van der Waals surface area (Å²) in [4.78, 5) is 24.6. The molecule has 1 aliphatic rings. The monoisotopic (exact) mass is 272 g/mol. The van der Waals surface area contributed by atoms with Crippen LogP contribution in [0.2, 0.25) is 0 Å². The average Bonchev–Trinajstić information content (AvgIpc) is 2.36. The molecule has 1 aromatic carbocycles. The Labute approximate surface area is 116 Å². The number of hydrogen-bond donors (Lipinski definition) is 0. The predicted molar refractivity (Wildman–Crippen MR) is 79.3 cm³/mol. The SMILES string of the molecule is CC1(C)CCc2c(sc3cc(C=O)ccc3c2=O)C1. The summed E-state index contributed by atoms with van der Waals surface area (Å²) in [7, 11) is 0. The summed E-state index contributed by atoms with van der Waals surface area (Å²) in [5.74, 6) is 0. The molecular weight excluding hydrogens is 256 g/mol. The van der Waals surface area contributed by atoms with Gasteiger partial charge in [-0.15, -0.1) is 11.3 Å². The first kappa shape index (κ1) is 12.5. The summed E-state index contributed by atoms with van der Waals surface area (Å²) in [6.07, 6.45) is 3.74. The second-order valence-electron chi connectivity index (χ2n) is 6.05. The number of carbonyl (C=O) groups is 1. The Morgan fingerprint density at radius 2 is 2.11 bits per heavy atom. The van der Waals surface area contributed by atoms with Gasteiger partial charge in [-0.2, -0.15) is 0 Å². The first-order chi connectivity index (χ1) is 9.00. The molecular formula is C16H16O2S. The van der Waals surface area contributed by atoms with Crippen LogP contribution in [0, 0.1) is 5.41 Å². The molecule has 1 aliphatic carbocycles. The zero-order valence-corrected chi connectivity index (χ0v) is 12.0. The summed E-state index contributed by atoms with van der Waals surface area (Å²) >= 11 is 1.68. The molecule has 0 amide bonds. The van der Waals surface area contributed by atoms with E-state index in [0.29, 0.717) is 5.56 Å². The molecule has 0 N–H and O–H groups in total. The second kappa shape index (κ2) is 4.27. The van der Waals surface area contributed by atoms with Crippen molar-refractivity contribution in [2.24, 2.45) is 5.41 Å². The standard InChI is InChI=1S/C16H16O2S/c1-16(2)6-5-12-14(8-16)19-13-7-10(9-17)3-4-11(13)15(12)18/h3-4,7,9H,5-6,8H2,1-2H3. The predicted octanol–water partition coefficient (Wildman–Crippen LogP) is 3.59. The van der Waals surface area contributed by atoms with Crippen molar-refractivity contribution >= 4 is 27.7 Å². The molecule has 0 aliphatic heterocycles. The molecule has 0 fully saturated rings. The molecule has 98 valence electrons. The van der Waals surface area contributed by atoms with Crippen molar-refractivity contribution in [3.63, 3.8) is 0 Å². The van der Waals surface area contributed by atoms with Crippen molar-refractivity contribution in [3.05, 3.63) is 44.4 Å². The molecule has 0 saturated heterocycles. The van der Waals surface area contributed by atoms with Crippen LogP contribution in [0.4, 0.5) is 0 Å². The second-order valence-corrected chi connectivity index (χ2v) is 7.18. The number of hydrogen-bond acceptors (Lipinski definition) is 3. The fourth-order valence-corrected chi connectivity index (χ4v) is 4.26. The molecule has 19 heavy (non-hydrogen) atoms. The van der Waals surface area contributed by atoms with Gasteiger partial charge in [0, 0.05) is 26.1 Å². The molecule has 1 heterocycles. The van der Waals surface area contributed by atoms with E-state index in [4.69, 9.17) is 0 Å². The third kappa shape index (κ3) is 2.12. The van der Waals surface area contributed by atoms with Gasteiger partial charge in [-0.05, 0) is 36.8 Å². The Kier molecular flexibility index (Phi) is 2.82. The van der Waals surface area contributed by atoms with E-state index in [0.717, 1.165) is 41.2 Å². The summed E-state index contributed by atoms with van der Waals surface area (Å²) in [5, 5.41) is 0.758. The van der Waals surface area contributed by atoms with Crippen LogP contribution >= 0.6 is 11.3 Å². The Hall–Kier alpha value is -1.48. The highest BCUT2D eigenvalue weighted by atomic mass is 32.1. The summed E-state index contributed by atoms with van der Waals surface area (Å²) < 4.78 is 0.936. The van der Waals surface area contributed by atoms with Crippen molar-refractivity contribution in [1.29, 1.82) is 0 Å². The molecule has 3 heteroatoms. The Morgan fingerprint density at radius 3 is 2.84 bits per heavy atom. The first-order valence-corrected chi connectivity index (χ1v) is 7.36. The minimum Gasteiger partial charge on any atom is -0.298 e. The van der Waals surface area contributed by atoms with Crippen LogP contribution in [0.1, 0.15) is 41.1 Å². The number of aldehydes is 1. The molecule has 0 atom stereocenters. The Morgan fingerprint density at radius 1 is 1.32 bits per heavy atom. The summed E-state index contributed by atoms with van der Waals surface area (Å²) in [6, 6.07) is 5.34. The summed E-state index contributed by atoms with van der Waals surface area (Å²) in [6.45, 7) is 4.50. The van der Waals surface area contributed by atoms with E-state index in [1.54, 1.807) is 23.5 Å². The quantitative estimate of drug-likeness (QED) is 0.743. The van der Waals surface area contributed by atoms with Gasteiger partial charge in [0.25, 0.3) is 0 Å². The molecule has 0 bridgehead atoms. The zero-order chi connectivity index (χ0) is 13.6. The average molecular weight is 272 g/mol. The van der Waals surface area contributed by atoms with Crippen molar-refractivity contribution in [2.75, 3.05) is 0 Å². The van der Waals surface area contributed by atoms with Gasteiger partial charge in [-0.25, -0.2) is 0 Å². The van der Waals surface area contributed by atoms with E-state index in [1.165, 1.54) is 4.88 Å². The van der Waals surface area contributed by atoms with Crippen molar-refractivity contribution in [2.45, 2.75) is 33.1 Å². The lowest BCUT2D eigenvalue weighted by Gasteiger charge is -2.30. The van der Waals surface area contributed by atoms with Gasteiger partial charge in [0.05, 0.1) is 0 Å². The lowest BCUT2D eigenvalue weighted by molar-refractivity contribution is 0.112. The highest BCUT2D eigenvalue weighted by molar-refractivity contribution is 7.18. The van der Waals surface area contributed by atoms with Crippen LogP contribution in [-0.2, 0) is 12.8 Å². The largest absolute Gasteiger partial charge is 0.298 e. The topological polar surface area (TPSA) is 34.1 Å². The van der Waals surface area contributed by atoms with Gasteiger partial charge in [0.2, 0.25) is 0 Å². The van der Waals surface area contributed by atoms with E-state index >= 15 is 0 Å². The van der Waals surface area contributed by atoms with Crippen LogP contribution in [0.25, 0.3) is 10.1 Å². The maximum absolute atomic E-state index is 12.5. The number of fused-ring (bicyclic) bond motifs is 2. The molecule has 2 nitrogen and oxygen atoms in total. The van der Waals surface area contributed by atoms with Gasteiger partial charge in [-0.3, -0.25) is 9.59 Å². The van der Waals surface area contributed by atoms with Crippen LogP contribution in [0.15, 0.2) is 23.0 Å². The van der Waals surface area contributed by atoms with E-state index < -0.39 is 0 Å². The smallest absolute Gasteiger partial charge is 0.191 e. The normalized spacial score (nSPS) is 17.2. The highest BCUT2D eigenvalue weighted by Crippen LogP contribution is 2.37. The minimum absolute atomic E-state index is 0.164. The van der Waals surface area contributed by atoms with E-state index in [-0.39, 0.29) is 10.8 Å². The number of carbonyl (C=O) groups excluding carboxylic acids is 1. The van der Waals surface area contributed by atoms with E-state index in [9.17, 15) is 9.59 Å². The highest BCUT2D eigenvalue weighted by Gasteiger charge is 2.27. The van der Waals surface area contributed by atoms with Crippen molar-refractivity contribution in [3.8, 4) is 0 Å². The van der Waals surface area contributed by atoms with E-state index in [2.05, 4.69) is 13.8 Å². The first-order valence-electron chi connectivity index (χ1n) is 6.54. The van der Waals surface area contributed by atoms with Crippen LogP contribution in [0.3, 0.4) is 0 Å². The van der Waals surface area contributed by atoms with Gasteiger partial charge in [-0.1, -0.05) is 19.9 Å². The maximum Gasteiger partial charge on any atom is 0.191 e. The third-order valence-corrected chi connectivity index (χ3v) is 5.12. The molecule has 0 radical (unpaired) electrons. The van der Waals surface area contributed by atoms with Crippen LogP contribution in [-0.4, -0.2) is 6.29 Å². The summed E-state index contributed by atoms with van der Waals surface area (Å²) in [5.41, 5.74) is 2.07. The van der Waals surface area contributed by atoms with Crippen LogP contribution in [0.5, 0.6) is 0 Å². The zero-order valence-electron chi connectivity index (χ0n) is 11.2.